The molecular formula is C20H23NO2S. The van der Waals surface area contributed by atoms with Crippen molar-refractivity contribution in [2.24, 2.45) is 5.92 Å². The van der Waals surface area contributed by atoms with Crippen molar-refractivity contribution in [1.82, 2.24) is 4.90 Å². The van der Waals surface area contributed by atoms with E-state index in [0.29, 0.717) is 30.5 Å². The molecule has 0 amide bonds. The molecule has 1 atom stereocenters. The molecule has 1 heterocycles. The van der Waals surface area contributed by atoms with Gasteiger partial charge < -0.3 is 4.90 Å². The van der Waals surface area contributed by atoms with Gasteiger partial charge in [-0.25, -0.2) is 8.42 Å². The molecule has 1 saturated heterocycles. The summed E-state index contributed by atoms with van der Waals surface area (Å²) in [5.74, 6) is 1.18. The topological polar surface area (TPSA) is 37.4 Å². The zero-order valence-electron chi connectivity index (χ0n) is 13.8. The SMILES string of the molecule is O=S1(=O)CCN(C[C@@H]2CC2(c2ccccc2)c2ccccc2)CC1. The standard InChI is InChI=1S/C20H23NO2S/c22-24(23)13-11-21(12-14-24)16-19-15-20(19,17-7-3-1-4-8-17)18-9-5-2-6-10-18/h1-10,19H,11-16H2/t19-/m0/s1. The lowest BCUT2D eigenvalue weighted by atomic mass is 9.85. The van der Waals surface area contributed by atoms with Crippen LogP contribution in [0.1, 0.15) is 17.5 Å². The fourth-order valence-corrected chi connectivity index (χ4v) is 5.42. The molecule has 0 N–H and O–H groups in total. The number of benzene rings is 2. The molecule has 24 heavy (non-hydrogen) atoms. The van der Waals surface area contributed by atoms with Crippen LogP contribution in [0, 0.1) is 5.92 Å². The molecule has 4 heteroatoms. The second-order valence-electron chi connectivity index (χ2n) is 7.06. The van der Waals surface area contributed by atoms with E-state index in [1.807, 2.05) is 0 Å². The smallest absolute Gasteiger partial charge is 0.152 e. The Labute approximate surface area is 144 Å². The van der Waals surface area contributed by atoms with Crippen LogP contribution >= 0.6 is 0 Å². The van der Waals surface area contributed by atoms with Gasteiger partial charge >= 0.3 is 0 Å². The molecule has 0 radical (unpaired) electrons. The van der Waals surface area contributed by atoms with Gasteiger partial charge in [-0.2, -0.15) is 0 Å². The molecule has 2 aromatic carbocycles. The van der Waals surface area contributed by atoms with Gasteiger partial charge in [-0.1, -0.05) is 60.7 Å². The lowest BCUT2D eigenvalue weighted by Gasteiger charge is -2.28. The summed E-state index contributed by atoms with van der Waals surface area (Å²) in [4.78, 5) is 2.33. The Morgan fingerprint density at radius 2 is 1.38 bits per heavy atom. The minimum atomic E-state index is -2.81. The minimum Gasteiger partial charge on any atom is -0.301 e. The zero-order chi connectivity index (χ0) is 16.6. The average molecular weight is 341 g/mol. The number of nitrogens with zero attached hydrogens (tertiary/aromatic N) is 1. The third kappa shape index (κ3) is 2.89. The van der Waals surface area contributed by atoms with Gasteiger partial charge in [-0.05, 0) is 23.5 Å². The Hall–Kier alpha value is -1.65. The van der Waals surface area contributed by atoms with Crippen molar-refractivity contribution in [3.63, 3.8) is 0 Å². The van der Waals surface area contributed by atoms with Crippen molar-refractivity contribution in [3.8, 4) is 0 Å². The fourth-order valence-electron chi connectivity index (χ4n) is 4.14. The molecule has 3 nitrogen and oxygen atoms in total. The molecule has 2 aliphatic rings. The van der Waals surface area contributed by atoms with E-state index in [2.05, 4.69) is 65.6 Å². The Morgan fingerprint density at radius 1 is 0.875 bits per heavy atom. The average Bonchev–Trinajstić information content (AvgIpc) is 3.34. The van der Waals surface area contributed by atoms with Crippen molar-refractivity contribution < 1.29 is 8.42 Å². The second-order valence-corrected chi connectivity index (χ2v) is 9.36. The van der Waals surface area contributed by atoms with Gasteiger partial charge in [0.1, 0.15) is 0 Å². The number of rotatable bonds is 4. The normalized spacial score (nSPS) is 25.2. The molecular weight excluding hydrogens is 318 g/mol. The number of hydrogen-bond donors (Lipinski definition) is 0. The van der Waals surface area contributed by atoms with Gasteiger partial charge in [-0.15, -0.1) is 0 Å². The highest BCUT2D eigenvalue weighted by atomic mass is 32.2. The van der Waals surface area contributed by atoms with E-state index in [9.17, 15) is 8.42 Å². The van der Waals surface area contributed by atoms with Crippen LogP contribution in [0.15, 0.2) is 60.7 Å². The van der Waals surface area contributed by atoms with Crippen molar-refractivity contribution in [1.29, 1.82) is 0 Å². The third-order valence-corrected chi connectivity index (χ3v) is 7.21. The van der Waals surface area contributed by atoms with E-state index in [1.54, 1.807) is 0 Å². The van der Waals surface area contributed by atoms with E-state index in [0.717, 1.165) is 13.0 Å². The summed E-state index contributed by atoms with van der Waals surface area (Å²) in [6.45, 7) is 2.34. The van der Waals surface area contributed by atoms with Crippen LogP contribution in [0.4, 0.5) is 0 Å². The van der Waals surface area contributed by atoms with Crippen molar-refractivity contribution in [2.45, 2.75) is 11.8 Å². The summed E-state index contributed by atoms with van der Waals surface area (Å²) in [5, 5.41) is 0. The van der Waals surface area contributed by atoms with Crippen LogP contribution in [0.3, 0.4) is 0 Å². The Bertz CT molecular complexity index is 749. The molecule has 1 aliphatic carbocycles. The highest BCUT2D eigenvalue weighted by Crippen LogP contribution is 2.59. The van der Waals surface area contributed by atoms with Crippen molar-refractivity contribution in [2.75, 3.05) is 31.1 Å². The molecule has 0 aromatic heterocycles. The van der Waals surface area contributed by atoms with Gasteiger partial charge in [0.05, 0.1) is 11.5 Å². The van der Waals surface area contributed by atoms with Gasteiger partial charge in [0.25, 0.3) is 0 Å². The predicted molar refractivity (Wildman–Crippen MR) is 96.9 cm³/mol. The van der Waals surface area contributed by atoms with Gasteiger partial charge in [-0.3, -0.25) is 0 Å². The first-order valence-corrected chi connectivity index (χ1v) is 10.5. The maximum Gasteiger partial charge on any atom is 0.152 e. The zero-order valence-corrected chi connectivity index (χ0v) is 14.6. The molecule has 0 spiro atoms. The highest BCUT2D eigenvalue weighted by Gasteiger charge is 2.56. The number of sulfone groups is 1. The molecule has 4 rings (SSSR count). The van der Waals surface area contributed by atoms with Crippen LogP contribution in [-0.2, 0) is 15.3 Å². The lowest BCUT2D eigenvalue weighted by molar-refractivity contribution is 0.277. The maximum absolute atomic E-state index is 11.6. The first-order chi connectivity index (χ1) is 11.6. The Morgan fingerprint density at radius 3 is 1.88 bits per heavy atom. The van der Waals surface area contributed by atoms with Crippen LogP contribution in [-0.4, -0.2) is 44.5 Å². The highest BCUT2D eigenvalue weighted by molar-refractivity contribution is 7.91. The van der Waals surface area contributed by atoms with Crippen molar-refractivity contribution >= 4 is 9.84 Å². The monoisotopic (exact) mass is 341 g/mol. The Kier molecular flexibility index (Phi) is 3.97. The van der Waals surface area contributed by atoms with E-state index < -0.39 is 9.84 Å². The van der Waals surface area contributed by atoms with Gasteiger partial charge in [0.15, 0.2) is 9.84 Å². The second kappa shape index (κ2) is 6.01. The summed E-state index contributed by atoms with van der Waals surface area (Å²) in [5.41, 5.74) is 2.86. The summed E-state index contributed by atoms with van der Waals surface area (Å²) in [6.07, 6.45) is 1.14. The van der Waals surface area contributed by atoms with Crippen LogP contribution in [0.2, 0.25) is 0 Å². The van der Waals surface area contributed by atoms with E-state index in [-0.39, 0.29) is 5.41 Å². The summed E-state index contributed by atoms with van der Waals surface area (Å²) in [7, 11) is -2.81. The van der Waals surface area contributed by atoms with E-state index >= 15 is 0 Å². The molecule has 2 fully saturated rings. The molecule has 1 aliphatic heterocycles. The van der Waals surface area contributed by atoms with Gasteiger partial charge in [0, 0.05) is 25.0 Å². The quantitative estimate of drug-likeness (QED) is 0.858. The largest absolute Gasteiger partial charge is 0.301 e. The van der Waals surface area contributed by atoms with Gasteiger partial charge in [0.2, 0.25) is 0 Å². The first-order valence-electron chi connectivity index (χ1n) is 8.64. The summed E-state index contributed by atoms with van der Waals surface area (Å²) >= 11 is 0. The molecule has 126 valence electrons. The van der Waals surface area contributed by atoms with Crippen LogP contribution < -0.4 is 0 Å². The van der Waals surface area contributed by atoms with Crippen LogP contribution in [0.5, 0.6) is 0 Å². The minimum absolute atomic E-state index is 0.0961. The molecule has 0 unspecified atom stereocenters. The summed E-state index contributed by atoms with van der Waals surface area (Å²) in [6, 6.07) is 21.5. The Balaban J connectivity index is 1.57. The van der Waals surface area contributed by atoms with Crippen LogP contribution in [0.25, 0.3) is 0 Å². The lowest BCUT2D eigenvalue weighted by Crippen LogP contribution is -2.41. The van der Waals surface area contributed by atoms with E-state index in [1.165, 1.54) is 11.1 Å². The maximum atomic E-state index is 11.6. The predicted octanol–water partition coefficient (Wildman–Crippen LogP) is 2.72. The molecule has 0 bridgehead atoms. The summed E-state index contributed by atoms with van der Waals surface area (Å²) < 4.78 is 23.3. The first kappa shape index (κ1) is 15.9. The van der Waals surface area contributed by atoms with Crippen molar-refractivity contribution in [3.05, 3.63) is 71.8 Å². The van der Waals surface area contributed by atoms with E-state index in [4.69, 9.17) is 0 Å². The molecule has 2 aromatic rings. The molecule has 1 saturated carbocycles. The third-order valence-electron chi connectivity index (χ3n) is 5.60. The number of hydrogen-bond acceptors (Lipinski definition) is 3. The fraction of sp³-hybridized carbons (Fsp3) is 0.400.